The van der Waals surface area contributed by atoms with Gasteiger partial charge in [-0.1, -0.05) is 30.3 Å². The maximum atomic E-state index is 6.14. The first-order valence-electron chi connectivity index (χ1n) is 12.0. The molecule has 0 saturated carbocycles. The summed E-state index contributed by atoms with van der Waals surface area (Å²) in [6, 6.07) is 11.9. The molecule has 3 saturated heterocycles. The fraction of sp³-hybridized carbons (Fsp3) is 0.560. The molecule has 3 aliphatic rings. The summed E-state index contributed by atoms with van der Waals surface area (Å²) in [4.78, 5) is 6.39. The third kappa shape index (κ3) is 3.79. The van der Waals surface area contributed by atoms with Crippen LogP contribution in [0.4, 0.5) is 5.82 Å². The van der Waals surface area contributed by atoms with Gasteiger partial charge in [-0.2, -0.15) is 5.10 Å². The fourth-order valence-electron chi connectivity index (χ4n) is 6.06. The third-order valence-electron chi connectivity index (χ3n) is 7.54. The van der Waals surface area contributed by atoms with Crippen molar-refractivity contribution in [2.24, 2.45) is 5.92 Å². The molecule has 1 N–H and O–H groups in total. The first-order chi connectivity index (χ1) is 15.4. The number of fused-ring (bicyclic) bond motifs is 3. The average molecular weight is 437 g/mol. The Balaban J connectivity index is 1.15. The molecule has 0 aliphatic carbocycles. The molecule has 6 rings (SSSR count). The van der Waals surface area contributed by atoms with Crippen LogP contribution in [0, 0.1) is 5.92 Å². The molecule has 5 heterocycles. The van der Waals surface area contributed by atoms with E-state index in [9.17, 15) is 0 Å². The third-order valence-corrected chi connectivity index (χ3v) is 8.43. The number of aromatic amines is 1. The first-order valence-corrected chi connectivity index (χ1v) is 12.8. The van der Waals surface area contributed by atoms with Crippen molar-refractivity contribution in [2.75, 3.05) is 37.7 Å². The van der Waals surface area contributed by atoms with Gasteiger partial charge in [0.2, 0.25) is 0 Å². The summed E-state index contributed by atoms with van der Waals surface area (Å²) in [6.07, 6.45) is 7.76. The molecular formula is C25H32N4OS. The van der Waals surface area contributed by atoms with Gasteiger partial charge < -0.3 is 14.5 Å². The second kappa shape index (κ2) is 8.57. The highest BCUT2D eigenvalue weighted by atomic mass is 32.1. The van der Waals surface area contributed by atoms with Gasteiger partial charge in [0.05, 0.1) is 12.0 Å². The summed E-state index contributed by atoms with van der Waals surface area (Å²) in [5.41, 5.74) is 2.60. The summed E-state index contributed by atoms with van der Waals surface area (Å²) >= 11 is 1.77. The van der Waals surface area contributed by atoms with E-state index in [4.69, 9.17) is 9.84 Å². The number of nitrogens with zero attached hydrogens (tertiary/aromatic N) is 3. The highest BCUT2D eigenvalue weighted by Crippen LogP contribution is 2.46. The molecule has 0 radical (unpaired) electrons. The maximum absolute atomic E-state index is 6.14. The number of anilines is 1. The van der Waals surface area contributed by atoms with E-state index in [1.54, 1.807) is 11.3 Å². The lowest BCUT2D eigenvalue weighted by Gasteiger charge is -2.39. The van der Waals surface area contributed by atoms with Crippen molar-refractivity contribution >= 4 is 27.4 Å². The Bertz CT molecular complexity index is 995. The smallest absolute Gasteiger partial charge is 0.160 e. The largest absolute Gasteiger partial charge is 0.380 e. The molecule has 164 valence electrons. The molecule has 1 aromatic carbocycles. The van der Waals surface area contributed by atoms with E-state index in [0.717, 1.165) is 19.8 Å². The molecule has 0 spiro atoms. The zero-order chi connectivity index (χ0) is 20.6. The number of benzene rings is 1. The Kier molecular flexibility index (Phi) is 5.46. The van der Waals surface area contributed by atoms with Crippen LogP contribution < -0.4 is 4.90 Å². The monoisotopic (exact) mass is 436 g/mol. The second-order valence-electron chi connectivity index (χ2n) is 9.52. The molecule has 3 aromatic rings. The van der Waals surface area contributed by atoms with E-state index in [2.05, 4.69) is 50.6 Å². The van der Waals surface area contributed by atoms with Crippen LogP contribution in [0.5, 0.6) is 0 Å². The van der Waals surface area contributed by atoms with Gasteiger partial charge in [-0.25, -0.2) is 0 Å². The van der Waals surface area contributed by atoms with Crippen LogP contribution in [-0.4, -0.2) is 60.0 Å². The van der Waals surface area contributed by atoms with Gasteiger partial charge in [-0.15, -0.1) is 11.3 Å². The van der Waals surface area contributed by atoms with Crippen molar-refractivity contribution in [3.63, 3.8) is 0 Å². The Hall–Kier alpha value is -1.89. The van der Waals surface area contributed by atoms with Crippen LogP contribution >= 0.6 is 11.3 Å². The molecule has 2 bridgehead atoms. The minimum atomic E-state index is 0.598. The van der Waals surface area contributed by atoms with Gasteiger partial charge in [-0.05, 0) is 63.1 Å². The van der Waals surface area contributed by atoms with Crippen molar-refractivity contribution in [3.8, 4) is 11.1 Å². The van der Waals surface area contributed by atoms with Gasteiger partial charge in [0.25, 0.3) is 0 Å². The van der Waals surface area contributed by atoms with Crippen molar-refractivity contribution in [1.82, 2.24) is 15.1 Å². The van der Waals surface area contributed by atoms with Gasteiger partial charge >= 0.3 is 0 Å². The van der Waals surface area contributed by atoms with Gasteiger partial charge in [-0.3, -0.25) is 5.10 Å². The Labute approximate surface area is 188 Å². The molecule has 6 heteroatoms. The fourth-order valence-corrected chi connectivity index (χ4v) is 6.97. The highest BCUT2D eigenvalue weighted by Gasteiger charge is 2.42. The zero-order valence-electron chi connectivity index (χ0n) is 18.1. The molecule has 5 nitrogen and oxygen atoms in total. The molecule has 0 amide bonds. The van der Waals surface area contributed by atoms with Gasteiger partial charge in [0.15, 0.2) is 5.82 Å². The number of piperidine rings is 1. The van der Waals surface area contributed by atoms with Crippen LogP contribution in [0.25, 0.3) is 21.3 Å². The molecule has 31 heavy (non-hydrogen) atoms. The minimum Gasteiger partial charge on any atom is -0.380 e. The number of thiophene rings is 1. The summed E-state index contributed by atoms with van der Waals surface area (Å²) in [6.45, 7) is 5.45. The first kappa shape index (κ1) is 19.8. The summed E-state index contributed by atoms with van der Waals surface area (Å²) in [7, 11) is 0. The highest BCUT2D eigenvalue weighted by molar-refractivity contribution is 7.17. The molecular weight excluding hydrogens is 404 g/mol. The van der Waals surface area contributed by atoms with E-state index in [0.29, 0.717) is 18.0 Å². The summed E-state index contributed by atoms with van der Waals surface area (Å²) in [5, 5.41) is 11.7. The minimum absolute atomic E-state index is 0.598. The van der Waals surface area contributed by atoms with Crippen LogP contribution in [0.1, 0.15) is 38.5 Å². The lowest BCUT2D eigenvalue weighted by atomic mass is 9.91. The SMILES string of the molecule is c1ccc(-c2csc3[nH]nc(N4C5CCC4CC(COCCN4CCCC4)C5)c23)cc1. The Morgan fingerprint density at radius 1 is 1.06 bits per heavy atom. The van der Waals surface area contributed by atoms with Crippen molar-refractivity contribution in [3.05, 3.63) is 35.7 Å². The number of likely N-dealkylation sites (tertiary alicyclic amines) is 1. The number of hydrogen-bond donors (Lipinski definition) is 1. The Morgan fingerprint density at radius 3 is 2.61 bits per heavy atom. The van der Waals surface area contributed by atoms with E-state index in [1.807, 2.05) is 0 Å². The molecule has 2 atom stereocenters. The topological polar surface area (TPSA) is 44.4 Å². The van der Waals surface area contributed by atoms with E-state index in [1.165, 1.54) is 78.8 Å². The number of nitrogens with one attached hydrogen (secondary N) is 1. The summed E-state index contributed by atoms with van der Waals surface area (Å²) < 4.78 is 6.14. The maximum Gasteiger partial charge on any atom is 0.160 e. The number of H-pyrrole nitrogens is 1. The quantitative estimate of drug-likeness (QED) is 0.520. The molecule has 3 aliphatic heterocycles. The zero-order valence-corrected chi connectivity index (χ0v) is 18.9. The van der Waals surface area contributed by atoms with Crippen LogP contribution in [-0.2, 0) is 4.74 Å². The molecule has 3 fully saturated rings. The van der Waals surface area contributed by atoms with Gasteiger partial charge in [0, 0.05) is 36.2 Å². The predicted octanol–water partition coefficient (Wildman–Crippen LogP) is 5.15. The van der Waals surface area contributed by atoms with E-state index >= 15 is 0 Å². The molecule has 2 aromatic heterocycles. The number of hydrogen-bond acceptors (Lipinski definition) is 5. The lowest BCUT2D eigenvalue weighted by molar-refractivity contribution is 0.0700. The summed E-state index contributed by atoms with van der Waals surface area (Å²) in [5.74, 6) is 1.87. The van der Waals surface area contributed by atoms with Crippen molar-refractivity contribution < 1.29 is 4.74 Å². The Morgan fingerprint density at radius 2 is 1.84 bits per heavy atom. The van der Waals surface area contributed by atoms with Gasteiger partial charge in [0.1, 0.15) is 4.83 Å². The van der Waals surface area contributed by atoms with Crippen molar-refractivity contribution in [2.45, 2.75) is 50.6 Å². The van der Waals surface area contributed by atoms with Crippen molar-refractivity contribution in [1.29, 1.82) is 0 Å². The van der Waals surface area contributed by atoms with E-state index in [-0.39, 0.29) is 0 Å². The number of ether oxygens (including phenoxy) is 1. The van der Waals surface area contributed by atoms with E-state index < -0.39 is 0 Å². The number of aromatic nitrogens is 2. The molecule has 2 unspecified atom stereocenters. The predicted molar refractivity (Wildman–Crippen MR) is 128 cm³/mol. The standard InChI is InChI=1S/C25H32N4OS/c1-2-6-19(7-3-1)22-17-31-25-23(22)24(26-27-25)29-20-8-9-21(29)15-18(14-20)16-30-13-12-28-10-4-5-11-28/h1-3,6-7,17-18,20-21H,4-5,8-16H2,(H,26,27). The normalized spacial score (nSPS) is 26.3. The van der Waals surface area contributed by atoms with Crippen LogP contribution in [0.3, 0.4) is 0 Å². The number of rotatable bonds is 7. The van der Waals surface area contributed by atoms with Crippen LogP contribution in [0.15, 0.2) is 35.7 Å². The average Bonchev–Trinajstić information content (AvgIpc) is 3.57. The van der Waals surface area contributed by atoms with Crippen LogP contribution in [0.2, 0.25) is 0 Å². The second-order valence-corrected chi connectivity index (χ2v) is 10.4. The lowest BCUT2D eigenvalue weighted by Crippen LogP contribution is -2.44.